The van der Waals surface area contributed by atoms with E-state index in [4.69, 9.17) is 5.73 Å². The Balaban J connectivity index is 2.14. The summed E-state index contributed by atoms with van der Waals surface area (Å²) in [7, 11) is 0. The second-order valence-electron chi connectivity index (χ2n) is 5.25. The molecule has 1 aromatic rings. The Morgan fingerprint density at radius 2 is 2.25 bits per heavy atom. The predicted molar refractivity (Wildman–Crippen MR) is 81.3 cm³/mol. The number of amides is 1. The Bertz CT molecular complexity index is 527. The molecule has 0 aliphatic carbocycles. The van der Waals surface area contributed by atoms with Gasteiger partial charge in [0.15, 0.2) is 0 Å². The molecular formula is C17H22N2O. The van der Waals surface area contributed by atoms with Crippen molar-refractivity contribution in [2.75, 3.05) is 19.6 Å². The summed E-state index contributed by atoms with van der Waals surface area (Å²) >= 11 is 0. The van der Waals surface area contributed by atoms with Gasteiger partial charge in [-0.2, -0.15) is 0 Å². The lowest BCUT2D eigenvalue weighted by Crippen LogP contribution is -2.29. The van der Waals surface area contributed by atoms with Crippen molar-refractivity contribution in [2.45, 2.75) is 26.2 Å². The van der Waals surface area contributed by atoms with E-state index >= 15 is 0 Å². The number of carbonyl (C=O) groups excluding carboxylic acids is 1. The van der Waals surface area contributed by atoms with E-state index in [-0.39, 0.29) is 5.91 Å². The summed E-state index contributed by atoms with van der Waals surface area (Å²) in [6, 6.07) is 7.53. The lowest BCUT2D eigenvalue weighted by atomic mass is 10.0. The fourth-order valence-corrected chi connectivity index (χ4v) is 2.76. The normalized spacial score (nSPS) is 17.7. The molecule has 2 N–H and O–H groups in total. The Morgan fingerprint density at radius 1 is 1.45 bits per heavy atom. The lowest BCUT2D eigenvalue weighted by molar-refractivity contribution is 0.0786. The van der Waals surface area contributed by atoms with Gasteiger partial charge in [-0.3, -0.25) is 4.79 Å². The van der Waals surface area contributed by atoms with Crippen LogP contribution in [0.3, 0.4) is 0 Å². The maximum absolute atomic E-state index is 12.6. The Labute approximate surface area is 121 Å². The monoisotopic (exact) mass is 270 g/mol. The molecule has 1 heterocycles. The van der Waals surface area contributed by atoms with Crippen LogP contribution in [-0.4, -0.2) is 30.4 Å². The van der Waals surface area contributed by atoms with Crippen LogP contribution in [0.15, 0.2) is 24.3 Å². The first-order valence-corrected chi connectivity index (χ1v) is 7.33. The fourth-order valence-electron chi connectivity index (χ4n) is 2.76. The molecule has 1 saturated heterocycles. The molecular weight excluding hydrogens is 248 g/mol. The van der Waals surface area contributed by atoms with Crippen LogP contribution in [0.2, 0.25) is 0 Å². The van der Waals surface area contributed by atoms with Gasteiger partial charge in [-0.1, -0.05) is 37.3 Å². The van der Waals surface area contributed by atoms with E-state index in [1.807, 2.05) is 29.2 Å². The Morgan fingerprint density at radius 3 is 3.00 bits per heavy atom. The topological polar surface area (TPSA) is 46.3 Å². The molecule has 0 spiro atoms. The summed E-state index contributed by atoms with van der Waals surface area (Å²) in [6.07, 6.45) is 3.51. The second-order valence-corrected chi connectivity index (χ2v) is 5.25. The van der Waals surface area contributed by atoms with Gasteiger partial charge in [-0.15, -0.1) is 0 Å². The third-order valence-corrected chi connectivity index (χ3v) is 3.75. The van der Waals surface area contributed by atoms with Crippen molar-refractivity contribution >= 4 is 5.91 Å². The molecule has 1 aliphatic heterocycles. The third-order valence-electron chi connectivity index (χ3n) is 3.75. The first-order valence-electron chi connectivity index (χ1n) is 7.33. The van der Waals surface area contributed by atoms with E-state index < -0.39 is 0 Å². The van der Waals surface area contributed by atoms with Crippen LogP contribution in [-0.2, 0) is 0 Å². The zero-order valence-corrected chi connectivity index (χ0v) is 12.1. The number of benzene rings is 1. The molecule has 0 saturated carbocycles. The molecule has 1 aliphatic rings. The van der Waals surface area contributed by atoms with Gasteiger partial charge >= 0.3 is 0 Å². The zero-order valence-electron chi connectivity index (χ0n) is 12.1. The number of nitrogens with zero attached hydrogens (tertiary/aromatic N) is 1. The average molecular weight is 270 g/mol. The van der Waals surface area contributed by atoms with Crippen LogP contribution in [0.25, 0.3) is 0 Å². The minimum Gasteiger partial charge on any atom is -0.338 e. The largest absolute Gasteiger partial charge is 0.338 e. The highest BCUT2D eigenvalue weighted by atomic mass is 16.2. The van der Waals surface area contributed by atoms with E-state index in [0.717, 1.165) is 25.1 Å². The predicted octanol–water partition coefficient (Wildman–Crippen LogP) is 2.26. The quantitative estimate of drug-likeness (QED) is 0.856. The van der Waals surface area contributed by atoms with Crippen molar-refractivity contribution < 1.29 is 4.79 Å². The summed E-state index contributed by atoms with van der Waals surface area (Å²) < 4.78 is 0. The maximum atomic E-state index is 12.6. The van der Waals surface area contributed by atoms with Crippen LogP contribution in [0.1, 0.15) is 42.1 Å². The van der Waals surface area contributed by atoms with Gasteiger partial charge in [0, 0.05) is 18.7 Å². The number of nitrogens with two attached hydrogens (primary N) is 1. The van der Waals surface area contributed by atoms with Gasteiger partial charge in [-0.25, -0.2) is 0 Å². The first-order chi connectivity index (χ1) is 9.76. The summed E-state index contributed by atoms with van der Waals surface area (Å²) in [5.41, 5.74) is 6.89. The molecule has 0 aromatic heterocycles. The zero-order chi connectivity index (χ0) is 14.4. The molecule has 1 atom stereocenters. The smallest absolute Gasteiger partial charge is 0.255 e. The SMILES string of the molecule is CCCC1CCN(C(=O)c2ccccc2C#CCN)C1. The van der Waals surface area contributed by atoms with Gasteiger partial charge in [0.1, 0.15) is 0 Å². The summed E-state index contributed by atoms with van der Waals surface area (Å²) in [5, 5.41) is 0. The van der Waals surface area contributed by atoms with E-state index in [0.29, 0.717) is 18.0 Å². The minimum atomic E-state index is 0.102. The maximum Gasteiger partial charge on any atom is 0.255 e. The van der Waals surface area contributed by atoms with Gasteiger partial charge < -0.3 is 10.6 Å². The highest BCUT2D eigenvalue weighted by Gasteiger charge is 2.27. The molecule has 2 rings (SSSR count). The number of hydrogen-bond donors (Lipinski definition) is 1. The van der Waals surface area contributed by atoms with Crippen LogP contribution >= 0.6 is 0 Å². The number of carbonyl (C=O) groups is 1. The summed E-state index contributed by atoms with van der Waals surface area (Å²) in [4.78, 5) is 14.6. The number of hydrogen-bond acceptors (Lipinski definition) is 2. The van der Waals surface area contributed by atoms with Crippen LogP contribution in [0.4, 0.5) is 0 Å². The molecule has 1 fully saturated rings. The molecule has 106 valence electrons. The summed E-state index contributed by atoms with van der Waals surface area (Å²) in [6.45, 7) is 4.25. The van der Waals surface area contributed by atoms with Crippen LogP contribution in [0.5, 0.6) is 0 Å². The summed E-state index contributed by atoms with van der Waals surface area (Å²) in [5.74, 6) is 6.58. The molecule has 1 aromatic carbocycles. The second kappa shape index (κ2) is 7.12. The van der Waals surface area contributed by atoms with Gasteiger partial charge in [0.2, 0.25) is 0 Å². The molecule has 1 amide bonds. The Kier molecular flexibility index (Phi) is 5.20. The van der Waals surface area contributed by atoms with E-state index in [9.17, 15) is 4.79 Å². The molecule has 3 heteroatoms. The molecule has 1 unspecified atom stereocenters. The lowest BCUT2D eigenvalue weighted by Gasteiger charge is -2.17. The van der Waals surface area contributed by atoms with E-state index in [2.05, 4.69) is 18.8 Å². The molecule has 0 bridgehead atoms. The highest BCUT2D eigenvalue weighted by Crippen LogP contribution is 2.23. The van der Waals surface area contributed by atoms with Crippen molar-refractivity contribution in [3.63, 3.8) is 0 Å². The van der Waals surface area contributed by atoms with Gasteiger partial charge in [-0.05, 0) is 30.9 Å². The van der Waals surface area contributed by atoms with Crippen molar-refractivity contribution in [3.05, 3.63) is 35.4 Å². The van der Waals surface area contributed by atoms with Crippen molar-refractivity contribution in [3.8, 4) is 11.8 Å². The van der Waals surface area contributed by atoms with E-state index in [1.165, 1.54) is 12.8 Å². The fraction of sp³-hybridized carbons (Fsp3) is 0.471. The molecule has 3 nitrogen and oxygen atoms in total. The first kappa shape index (κ1) is 14.6. The highest BCUT2D eigenvalue weighted by molar-refractivity contribution is 5.96. The minimum absolute atomic E-state index is 0.102. The van der Waals surface area contributed by atoms with E-state index in [1.54, 1.807) is 0 Å². The Hall–Kier alpha value is -1.79. The van der Waals surface area contributed by atoms with Crippen molar-refractivity contribution in [1.82, 2.24) is 4.90 Å². The standard InChI is InChI=1S/C17H22N2O/c1-2-6-14-10-12-19(13-14)17(20)16-9-4-3-7-15(16)8-5-11-18/h3-4,7,9,14H,2,6,10-13,18H2,1H3. The molecule has 0 radical (unpaired) electrons. The van der Waals surface area contributed by atoms with Crippen molar-refractivity contribution in [1.29, 1.82) is 0 Å². The third kappa shape index (κ3) is 3.40. The van der Waals surface area contributed by atoms with Gasteiger partial charge in [0.05, 0.1) is 12.1 Å². The average Bonchev–Trinajstić information content (AvgIpc) is 2.94. The van der Waals surface area contributed by atoms with Crippen LogP contribution < -0.4 is 5.73 Å². The van der Waals surface area contributed by atoms with Crippen molar-refractivity contribution in [2.24, 2.45) is 11.7 Å². The number of rotatable bonds is 3. The van der Waals surface area contributed by atoms with Crippen LogP contribution in [0, 0.1) is 17.8 Å². The number of likely N-dealkylation sites (tertiary alicyclic amines) is 1. The molecule has 20 heavy (non-hydrogen) atoms. The van der Waals surface area contributed by atoms with Gasteiger partial charge in [0.25, 0.3) is 5.91 Å².